The number of hydrogen-bond donors (Lipinski definition) is 1. The summed E-state index contributed by atoms with van der Waals surface area (Å²) in [6.45, 7) is 1.38. The first-order chi connectivity index (χ1) is 14.9. The molecule has 1 amide bonds. The number of nitrogens with zero attached hydrogens (tertiary/aromatic N) is 3. The fraction of sp³-hybridized carbons (Fsp3) is 0.0952. The molecule has 156 valence electrons. The van der Waals surface area contributed by atoms with Crippen LogP contribution in [0.25, 0.3) is 21.3 Å². The number of aryl methyl sites for hydroxylation is 1. The first-order valence-electron chi connectivity index (χ1n) is 9.08. The van der Waals surface area contributed by atoms with Gasteiger partial charge in [-0.05, 0) is 30.2 Å². The first kappa shape index (κ1) is 20.4. The van der Waals surface area contributed by atoms with E-state index >= 15 is 0 Å². The zero-order valence-corrected chi connectivity index (χ0v) is 17.0. The number of non-ortho nitro benzene ring substituents is 1. The normalized spacial score (nSPS) is 10.8. The van der Waals surface area contributed by atoms with Crippen LogP contribution in [0.5, 0.6) is 5.88 Å². The highest BCUT2D eigenvalue weighted by Gasteiger charge is 2.16. The van der Waals surface area contributed by atoms with Gasteiger partial charge in [-0.2, -0.15) is 0 Å². The Balaban J connectivity index is 1.55. The third kappa shape index (κ3) is 4.33. The van der Waals surface area contributed by atoms with Crippen molar-refractivity contribution in [3.05, 3.63) is 75.7 Å². The van der Waals surface area contributed by atoms with Gasteiger partial charge in [0, 0.05) is 23.1 Å². The number of carbonyl (C=O) groups excluding carboxylic acids is 1. The number of hydrogen-bond acceptors (Lipinski definition) is 7. The predicted octanol–water partition coefficient (Wildman–Crippen LogP) is 4.73. The molecule has 0 radical (unpaired) electrons. The minimum Gasteiger partial charge on any atom is -0.467 e. The lowest BCUT2D eigenvalue weighted by atomic mass is 10.1. The van der Waals surface area contributed by atoms with Gasteiger partial charge in [-0.1, -0.05) is 18.2 Å². The number of nitro benzene ring substituents is 1. The standard InChI is InChI=1S/C21H15FN4O4S/c1-12-2-7-15(26(28)29)8-17(12)25-18(27)9-30-20-19-16(10-31-21(19)24-11-23-20)13-3-5-14(22)6-4-13/h2-8,10-11H,9H2,1H3,(H,25,27). The number of benzene rings is 2. The smallest absolute Gasteiger partial charge is 0.271 e. The predicted molar refractivity (Wildman–Crippen MR) is 115 cm³/mol. The van der Waals surface area contributed by atoms with Crippen molar-refractivity contribution < 1.29 is 18.8 Å². The molecule has 0 aliphatic carbocycles. The molecular weight excluding hydrogens is 423 g/mol. The van der Waals surface area contributed by atoms with Crippen molar-refractivity contribution in [1.82, 2.24) is 9.97 Å². The molecule has 1 N–H and O–H groups in total. The van der Waals surface area contributed by atoms with Crippen LogP contribution in [0, 0.1) is 22.9 Å². The molecule has 8 nitrogen and oxygen atoms in total. The summed E-state index contributed by atoms with van der Waals surface area (Å²) < 4.78 is 18.9. The molecule has 31 heavy (non-hydrogen) atoms. The molecule has 10 heteroatoms. The molecule has 0 saturated carbocycles. The molecule has 0 bridgehead atoms. The molecule has 0 aliphatic rings. The van der Waals surface area contributed by atoms with E-state index < -0.39 is 10.8 Å². The van der Waals surface area contributed by atoms with E-state index in [-0.39, 0.29) is 24.0 Å². The number of amides is 1. The lowest BCUT2D eigenvalue weighted by Gasteiger charge is -2.10. The van der Waals surface area contributed by atoms with Crippen LogP contribution >= 0.6 is 11.3 Å². The van der Waals surface area contributed by atoms with Crippen LogP contribution in [0.1, 0.15) is 5.56 Å². The van der Waals surface area contributed by atoms with Gasteiger partial charge in [0.15, 0.2) is 6.61 Å². The van der Waals surface area contributed by atoms with E-state index in [9.17, 15) is 19.3 Å². The Bertz CT molecular complexity index is 1290. The number of aromatic nitrogens is 2. The molecule has 0 atom stereocenters. The van der Waals surface area contributed by atoms with Gasteiger partial charge in [0.05, 0.1) is 16.0 Å². The van der Waals surface area contributed by atoms with Crippen molar-refractivity contribution in [2.75, 3.05) is 11.9 Å². The van der Waals surface area contributed by atoms with E-state index in [4.69, 9.17) is 4.74 Å². The summed E-state index contributed by atoms with van der Waals surface area (Å²) >= 11 is 1.38. The lowest BCUT2D eigenvalue weighted by molar-refractivity contribution is -0.384. The minimum absolute atomic E-state index is 0.124. The average molecular weight is 438 g/mol. The Morgan fingerprint density at radius 3 is 2.74 bits per heavy atom. The first-order valence-corrected chi connectivity index (χ1v) is 9.96. The number of fused-ring (bicyclic) bond motifs is 1. The summed E-state index contributed by atoms with van der Waals surface area (Å²) in [6, 6.07) is 10.2. The summed E-state index contributed by atoms with van der Waals surface area (Å²) in [6.07, 6.45) is 1.34. The second-order valence-corrected chi connectivity index (χ2v) is 7.47. The maximum Gasteiger partial charge on any atom is 0.271 e. The quantitative estimate of drug-likeness (QED) is 0.344. The summed E-state index contributed by atoms with van der Waals surface area (Å²) in [5.41, 5.74) is 2.43. The van der Waals surface area contributed by atoms with Crippen LogP contribution in [-0.4, -0.2) is 27.4 Å². The number of anilines is 1. The monoisotopic (exact) mass is 438 g/mol. The second kappa shape index (κ2) is 8.44. The second-order valence-electron chi connectivity index (χ2n) is 6.61. The van der Waals surface area contributed by atoms with Crippen LogP contribution in [-0.2, 0) is 4.79 Å². The van der Waals surface area contributed by atoms with Crippen molar-refractivity contribution in [2.24, 2.45) is 0 Å². The Hall–Kier alpha value is -3.92. The Morgan fingerprint density at radius 1 is 1.23 bits per heavy atom. The van der Waals surface area contributed by atoms with Gasteiger partial charge in [0.25, 0.3) is 11.6 Å². The molecule has 2 heterocycles. The van der Waals surface area contributed by atoms with E-state index in [1.165, 1.54) is 41.9 Å². The highest BCUT2D eigenvalue weighted by Crippen LogP contribution is 2.37. The molecule has 0 aliphatic heterocycles. The summed E-state index contributed by atoms with van der Waals surface area (Å²) in [5.74, 6) is -0.616. The third-order valence-corrected chi connectivity index (χ3v) is 5.42. The lowest BCUT2D eigenvalue weighted by Crippen LogP contribution is -2.21. The van der Waals surface area contributed by atoms with Crippen molar-refractivity contribution >= 4 is 38.8 Å². The van der Waals surface area contributed by atoms with Crippen molar-refractivity contribution in [2.45, 2.75) is 6.92 Å². The topological polar surface area (TPSA) is 107 Å². The molecule has 2 aromatic carbocycles. The van der Waals surface area contributed by atoms with Crippen LogP contribution in [0.4, 0.5) is 15.8 Å². The van der Waals surface area contributed by atoms with E-state index in [0.717, 1.165) is 11.1 Å². The van der Waals surface area contributed by atoms with Gasteiger partial charge in [-0.3, -0.25) is 14.9 Å². The van der Waals surface area contributed by atoms with Crippen LogP contribution in [0.2, 0.25) is 0 Å². The SMILES string of the molecule is Cc1ccc([N+](=O)[O-])cc1NC(=O)COc1ncnc2scc(-c3ccc(F)cc3)c12. The molecule has 4 rings (SSSR count). The van der Waals surface area contributed by atoms with Gasteiger partial charge in [-0.15, -0.1) is 11.3 Å². The molecule has 0 saturated heterocycles. The minimum atomic E-state index is -0.531. The largest absolute Gasteiger partial charge is 0.467 e. The zero-order valence-electron chi connectivity index (χ0n) is 16.2. The number of thiophene rings is 1. The highest BCUT2D eigenvalue weighted by molar-refractivity contribution is 7.17. The van der Waals surface area contributed by atoms with Crippen LogP contribution in [0.15, 0.2) is 54.2 Å². The molecule has 0 spiro atoms. The summed E-state index contributed by atoms with van der Waals surface area (Å²) in [7, 11) is 0. The third-order valence-electron chi connectivity index (χ3n) is 4.54. The van der Waals surface area contributed by atoms with Gasteiger partial charge >= 0.3 is 0 Å². The number of nitrogens with one attached hydrogen (secondary N) is 1. The van der Waals surface area contributed by atoms with Crippen molar-refractivity contribution in [3.63, 3.8) is 0 Å². The van der Waals surface area contributed by atoms with E-state index in [2.05, 4.69) is 15.3 Å². The Kier molecular flexibility index (Phi) is 5.54. The summed E-state index contributed by atoms with van der Waals surface area (Å²) in [5, 5.41) is 16.1. The van der Waals surface area contributed by atoms with Crippen LogP contribution < -0.4 is 10.1 Å². The van der Waals surface area contributed by atoms with Crippen molar-refractivity contribution in [3.8, 4) is 17.0 Å². The summed E-state index contributed by atoms with van der Waals surface area (Å²) in [4.78, 5) is 31.9. The van der Waals surface area contributed by atoms with Gasteiger partial charge < -0.3 is 10.1 Å². The highest BCUT2D eigenvalue weighted by atomic mass is 32.1. The molecule has 0 unspecified atom stereocenters. The number of rotatable bonds is 6. The van der Waals surface area contributed by atoms with Crippen molar-refractivity contribution in [1.29, 1.82) is 0 Å². The molecule has 4 aromatic rings. The fourth-order valence-corrected chi connectivity index (χ4v) is 3.88. The Labute approximate surface area is 179 Å². The number of ether oxygens (including phenoxy) is 1. The molecule has 2 aromatic heterocycles. The van der Waals surface area contributed by atoms with Gasteiger partial charge in [-0.25, -0.2) is 14.4 Å². The van der Waals surface area contributed by atoms with Gasteiger partial charge in [0.1, 0.15) is 17.0 Å². The molecular formula is C21H15FN4O4S. The maximum atomic E-state index is 13.3. The van der Waals surface area contributed by atoms with Crippen LogP contribution in [0.3, 0.4) is 0 Å². The average Bonchev–Trinajstić information content (AvgIpc) is 3.19. The number of carbonyl (C=O) groups is 1. The fourth-order valence-electron chi connectivity index (χ4n) is 2.98. The maximum absolute atomic E-state index is 13.3. The number of nitro groups is 1. The zero-order chi connectivity index (χ0) is 22.0. The van der Waals surface area contributed by atoms with E-state index in [1.807, 2.05) is 5.38 Å². The Morgan fingerprint density at radius 2 is 2.00 bits per heavy atom. The van der Waals surface area contributed by atoms with E-state index in [1.54, 1.807) is 25.1 Å². The van der Waals surface area contributed by atoms with E-state index in [0.29, 0.717) is 21.5 Å². The molecule has 0 fully saturated rings. The number of halogens is 1. The van der Waals surface area contributed by atoms with Gasteiger partial charge in [0.2, 0.25) is 5.88 Å².